The van der Waals surface area contributed by atoms with Crippen molar-refractivity contribution in [3.05, 3.63) is 23.8 Å². The molecule has 0 fully saturated rings. The maximum Gasteiger partial charge on any atom is 0.418 e. The molecule has 0 unspecified atom stereocenters. The van der Waals surface area contributed by atoms with E-state index in [0.29, 0.717) is 0 Å². The summed E-state index contributed by atoms with van der Waals surface area (Å²) in [6, 6.07) is 3.09. The van der Waals surface area contributed by atoms with E-state index in [1.165, 1.54) is 13.0 Å². The van der Waals surface area contributed by atoms with Crippen molar-refractivity contribution in [3.8, 4) is 0 Å². The van der Waals surface area contributed by atoms with Gasteiger partial charge in [0.1, 0.15) is 5.60 Å². The lowest BCUT2D eigenvalue weighted by Crippen LogP contribution is -2.27. The van der Waals surface area contributed by atoms with E-state index in [1.807, 2.05) is 0 Å². The van der Waals surface area contributed by atoms with Gasteiger partial charge in [-0.1, -0.05) is 6.92 Å². The number of hydrogen-bond acceptors (Lipinski definition) is 3. The molecule has 1 aromatic carbocycles. The number of anilines is 2. The molecule has 1 rings (SSSR count). The molecule has 2 N–H and O–H groups in total. The van der Waals surface area contributed by atoms with Gasteiger partial charge in [0.05, 0.1) is 11.3 Å². The molecule has 5 nitrogen and oxygen atoms in total. The van der Waals surface area contributed by atoms with E-state index in [2.05, 4.69) is 10.6 Å². The van der Waals surface area contributed by atoms with Crippen LogP contribution in [0.1, 0.15) is 39.7 Å². The second kappa shape index (κ2) is 6.89. The number of alkyl halides is 3. The third-order valence-electron chi connectivity index (χ3n) is 2.57. The summed E-state index contributed by atoms with van der Waals surface area (Å²) in [5, 5.41) is 4.41. The van der Waals surface area contributed by atoms with Crippen LogP contribution in [-0.4, -0.2) is 17.6 Å². The lowest BCUT2D eigenvalue weighted by atomic mass is 10.1. The Balaban J connectivity index is 3.05. The number of carbonyl (C=O) groups excluding carboxylic acids is 2. The fourth-order valence-corrected chi connectivity index (χ4v) is 1.63. The monoisotopic (exact) mass is 332 g/mol. The zero-order valence-corrected chi connectivity index (χ0v) is 13.3. The van der Waals surface area contributed by atoms with Gasteiger partial charge in [-0.2, -0.15) is 13.2 Å². The quantitative estimate of drug-likeness (QED) is 0.862. The number of hydrogen-bond donors (Lipinski definition) is 2. The van der Waals surface area contributed by atoms with Crippen molar-refractivity contribution in [2.75, 3.05) is 10.6 Å². The van der Waals surface area contributed by atoms with Crippen molar-refractivity contribution < 1.29 is 27.5 Å². The van der Waals surface area contributed by atoms with Gasteiger partial charge in [0.25, 0.3) is 0 Å². The second-order valence-corrected chi connectivity index (χ2v) is 5.79. The van der Waals surface area contributed by atoms with Crippen LogP contribution < -0.4 is 10.6 Å². The Morgan fingerprint density at radius 2 is 1.74 bits per heavy atom. The predicted octanol–water partition coefficient (Wildman–Crippen LogP) is 4.40. The molecular weight excluding hydrogens is 313 g/mol. The van der Waals surface area contributed by atoms with Crippen LogP contribution >= 0.6 is 0 Å². The Morgan fingerprint density at radius 1 is 1.13 bits per heavy atom. The molecule has 8 heteroatoms. The SMILES string of the molecule is CCC(=O)Nc1ccc(NC(=O)OC(C)(C)C)cc1C(F)(F)F. The molecule has 2 amide bonds. The standard InChI is InChI=1S/C15H19F3N2O3/c1-5-12(21)20-11-7-6-9(8-10(11)15(16,17)18)19-13(22)23-14(2,3)4/h6-8H,5H2,1-4H3,(H,19,22)(H,20,21). The Bertz CT molecular complexity index is 593. The van der Waals surface area contributed by atoms with Gasteiger partial charge in [-0.15, -0.1) is 0 Å². The summed E-state index contributed by atoms with van der Waals surface area (Å²) in [6.07, 6.45) is -5.49. The van der Waals surface area contributed by atoms with Crippen molar-refractivity contribution in [2.24, 2.45) is 0 Å². The number of benzene rings is 1. The largest absolute Gasteiger partial charge is 0.444 e. The molecule has 0 aliphatic heterocycles. The molecule has 0 atom stereocenters. The zero-order valence-electron chi connectivity index (χ0n) is 13.3. The molecule has 0 aliphatic carbocycles. The van der Waals surface area contributed by atoms with Gasteiger partial charge in [0.15, 0.2) is 0 Å². The van der Waals surface area contributed by atoms with Crippen molar-refractivity contribution >= 4 is 23.4 Å². The van der Waals surface area contributed by atoms with Crippen LogP contribution in [0.5, 0.6) is 0 Å². The average Bonchev–Trinajstić information content (AvgIpc) is 2.36. The summed E-state index contributed by atoms with van der Waals surface area (Å²) in [7, 11) is 0. The van der Waals surface area contributed by atoms with E-state index in [1.54, 1.807) is 20.8 Å². The first-order chi connectivity index (χ1) is 10.4. The molecule has 128 valence electrons. The smallest absolute Gasteiger partial charge is 0.418 e. The Morgan fingerprint density at radius 3 is 2.22 bits per heavy atom. The highest BCUT2D eigenvalue weighted by Gasteiger charge is 2.34. The van der Waals surface area contributed by atoms with Crippen LogP contribution in [0.15, 0.2) is 18.2 Å². The molecule has 1 aromatic rings. The van der Waals surface area contributed by atoms with Crippen LogP contribution in [-0.2, 0) is 15.7 Å². The van der Waals surface area contributed by atoms with E-state index >= 15 is 0 Å². The highest BCUT2D eigenvalue weighted by molar-refractivity contribution is 5.92. The first kappa shape index (κ1) is 18.8. The number of nitrogens with one attached hydrogen (secondary N) is 2. The summed E-state index contributed by atoms with van der Waals surface area (Å²) in [5.41, 5.74) is -2.26. The number of amides is 2. The summed E-state index contributed by atoms with van der Waals surface area (Å²) < 4.78 is 44.3. The van der Waals surface area contributed by atoms with Gasteiger partial charge >= 0.3 is 12.3 Å². The normalized spacial score (nSPS) is 11.8. The molecular formula is C15H19F3N2O3. The van der Waals surface area contributed by atoms with Gasteiger partial charge in [-0.3, -0.25) is 10.1 Å². The van der Waals surface area contributed by atoms with Crippen LogP contribution in [0.3, 0.4) is 0 Å². The zero-order chi connectivity index (χ0) is 17.8. The van der Waals surface area contributed by atoms with Gasteiger partial charge in [-0.25, -0.2) is 4.79 Å². The summed E-state index contributed by atoms with van der Waals surface area (Å²) in [6.45, 7) is 6.44. The van der Waals surface area contributed by atoms with E-state index in [-0.39, 0.29) is 17.8 Å². The maximum absolute atomic E-state index is 13.1. The number of rotatable bonds is 3. The molecule has 0 spiro atoms. The fourth-order valence-electron chi connectivity index (χ4n) is 1.63. The third kappa shape index (κ3) is 6.17. The molecule has 0 saturated heterocycles. The minimum atomic E-state index is -4.68. The third-order valence-corrected chi connectivity index (χ3v) is 2.57. The van der Waals surface area contributed by atoms with E-state index in [9.17, 15) is 22.8 Å². The number of halogens is 3. The van der Waals surface area contributed by atoms with Crippen molar-refractivity contribution in [1.29, 1.82) is 0 Å². The highest BCUT2D eigenvalue weighted by atomic mass is 19.4. The molecule has 0 saturated carbocycles. The molecule has 23 heavy (non-hydrogen) atoms. The van der Waals surface area contributed by atoms with E-state index < -0.39 is 29.3 Å². The first-order valence-electron chi connectivity index (χ1n) is 6.93. The van der Waals surface area contributed by atoms with Crippen LogP contribution in [0, 0.1) is 0 Å². The first-order valence-corrected chi connectivity index (χ1v) is 6.93. The second-order valence-electron chi connectivity index (χ2n) is 5.79. The molecule has 0 aromatic heterocycles. The Kier molecular flexibility index (Phi) is 5.63. The van der Waals surface area contributed by atoms with Crippen molar-refractivity contribution in [2.45, 2.75) is 45.9 Å². The van der Waals surface area contributed by atoms with E-state index in [4.69, 9.17) is 4.74 Å². The highest BCUT2D eigenvalue weighted by Crippen LogP contribution is 2.36. The average molecular weight is 332 g/mol. The molecule has 0 radical (unpaired) electrons. The molecule has 0 aliphatic rings. The number of carbonyl (C=O) groups is 2. The van der Waals surface area contributed by atoms with Crippen molar-refractivity contribution in [1.82, 2.24) is 0 Å². The Labute approximate surface area is 132 Å². The van der Waals surface area contributed by atoms with Crippen LogP contribution in [0.4, 0.5) is 29.3 Å². The molecule has 0 bridgehead atoms. The lowest BCUT2D eigenvalue weighted by molar-refractivity contribution is -0.136. The summed E-state index contributed by atoms with van der Waals surface area (Å²) in [4.78, 5) is 22.9. The minimum absolute atomic E-state index is 0.0508. The number of ether oxygens (including phenoxy) is 1. The van der Waals surface area contributed by atoms with Gasteiger partial charge in [0, 0.05) is 12.1 Å². The maximum atomic E-state index is 13.1. The van der Waals surface area contributed by atoms with E-state index in [0.717, 1.165) is 12.1 Å². The minimum Gasteiger partial charge on any atom is -0.444 e. The summed E-state index contributed by atoms with van der Waals surface area (Å²) >= 11 is 0. The van der Waals surface area contributed by atoms with Crippen LogP contribution in [0.2, 0.25) is 0 Å². The van der Waals surface area contributed by atoms with Gasteiger partial charge < -0.3 is 10.1 Å². The lowest BCUT2D eigenvalue weighted by Gasteiger charge is -2.20. The molecule has 0 heterocycles. The summed E-state index contributed by atoms with van der Waals surface area (Å²) in [5.74, 6) is -0.539. The van der Waals surface area contributed by atoms with Gasteiger partial charge in [0.2, 0.25) is 5.91 Å². The topological polar surface area (TPSA) is 67.4 Å². The predicted molar refractivity (Wildman–Crippen MR) is 80.2 cm³/mol. The van der Waals surface area contributed by atoms with Gasteiger partial charge in [-0.05, 0) is 39.0 Å². The Hall–Kier alpha value is -2.25. The van der Waals surface area contributed by atoms with Crippen LogP contribution in [0.25, 0.3) is 0 Å². The van der Waals surface area contributed by atoms with Crippen molar-refractivity contribution in [3.63, 3.8) is 0 Å². The fraction of sp³-hybridized carbons (Fsp3) is 0.467.